The number of carboxylic acid groups (broad SMARTS) is 1. The van der Waals surface area contributed by atoms with Crippen LogP contribution < -0.4 is 11.1 Å². The van der Waals surface area contributed by atoms with Crippen LogP contribution >= 0.6 is 0 Å². The fourth-order valence-electron chi connectivity index (χ4n) is 1.86. The Labute approximate surface area is 118 Å². The maximum Gasteiger partial charge on any atom is 0.303 e. The maximum absolute atomic E-state index is 11.1. The third-order valence-electron chi connectivity index (χ3n) is 3.03. The van der Waals surface area contributed by atoms with Crippen LogP contribution in [0.3, 0.4) is 0 Å². The first-order valence-corrected chi connectivity index (χ1v) is 6.62. The first-order chi connectivity index (χ1) is 9.38. The number of rotatable bonds is 8. The molecular weight excluding hydrogens is 258 g/mol. The minimum atomic E-state index is -0.767. The van der Waals surface area contributed by atoms with Gasteiger partial charge < -0.3 is 16.2 Å². The van der Waals surface area contributed by atoms with E-state index in [4.69, 9.17) is 10.8 Å². The van der Waals surface area contributed by atoms with Gasteiger partial charge in [0.05, 0.1) is 0 Å². The molecule has 0 aromatic carbocycles. The molecule has 0 aliphatic rings. The van der Waals surface area contributed by atoms with Crippen LogP contribution in [0.1, 0.15) is 42.2 Å². The number of anilines is 1. The highest BCUT2D eigenvalue weighted by Crippen LogP contribution is 2.13. The fourth-order valence-corrected chi connectivity index (χ4v) is 1.86. The molecule has 1 aromatic heterocycles. The van der Waals surface area contributed by atoms with Crippen molar-refractivity contribution in [1.82, 2.24) is 4.98 Å². The van der Waals surface area contributed by atoms with Crippen LogP contribution in [0, 0.1) is 12.8 Å². The standard InChI is InChI=1S/C14H21N3O3/c1-9(3-4-13(18)19)5-6-16-12-8-11(14(15)20)7-10(2)17-12/h7-9H,3-6H2,1-2H3,(H2,15,20)(H,16,17)(H,18,19). The van der Waals surface area contributed by atoms with Crippen LogP contribution in [-0.2, 0) is 4.79 Å². The highest BCUT2D eigenvalue weighted by molar-refractivity contribution is 5.93. The van der Waals surface area contributed by atoms with Gasteiger partial charge in [0.25, 0.3) is 0 Å². The molecule has 0 spiro atoms. The van der Waals surface area contributed by atoms with Crippen LogP contribution in [0.25, 0.3) is 0 Å². The highest BCUT2D eigenvalue weighted by atomic mass is 16.4. The summed E-state index contributed by atoms with van der Waals surface area (Å²) in [5, 5.41) is 11.7. The Bertz CT molecular complexity index is 489. The molecule has 1 aromatic rings. The average molecular weight is 279 g/mol. The summed E-state index contributed by atoms with van der Waals surface area (Å²) in [5.74, 6) is -0.312. The van der Waals surface area contributed by atoms with Gasteiger partial charge in [0, 0.05) is 24.2 Å². The number of hydrogen-bond acceptors (Lipinski definition) is 4. The second-order valence-corrected chi connectivity index (χ2v) is 5.00. The Kier molecular flexibility index (Phi) is 5.96. The van der Waals surface area contributed by atoms with Gasteiger partial charge >= 0.3 is 5.97 Å². The van der Waals surface area contributed by atoms with Crippen molar-refractivity contribution in [3.8, 4) is 0 Å². The fraction of sp³-hybridized carbons (Fsp3) is 0.500. The minimum Gasteiger partial charge on any atom is -0.481 e. The monoisotopic (exact) mass is 279 g/mol. The predicted molar refractivity (Wildman–Crippen MR) is 76.6 cm³/mol. The number of carbonyl (C=O) groups excluding carboxylic acids is 1. The van der Waals surface area contributed by atoms with Gasteiger partial charge in [-0.25, -0.2) is 4.98 Å². The van der Waals surface area contributed by atoms with E-state index < -0.39 is 11.9 Å². The van der Waals surface area contributed by atoms with Gasteiger partial charge in [0.15, 0.2) is 0 Å². The van der Waals surface area contributed by atoms with Crippen molar-refractivity contribution in [1.29, 1.82) is 0 Å². The topological polar surface area (TPSA) is 105 Å². The molecule has 1 unspecified atom stereocenters. The van der Waals surface area contributed by atoms with Gasteiger partial charge in [-0.15, -0.1) is 0 Å². The largest absolute Gasteiger partial charge is 0.481 e. The quantitative estimate of drug-likeness (QED) is 0.672. The van der Waals surface area contributed by atoms with Crippen LogP contribution in [0.2, 0.25) is 0 Å². The van der Waals surface area contributed by atoms with Crippen molar-refractivity contribution in [2.75, 3.05) is 11.9 Å². The van der Waals surface area contributed by atoms with Crippen LogP contribution in [0.5, 0.6) is 0 Å². The second-order valence-electron chi connectivity index (χ2n) is 5.00. The Morgan fingerprint density at radius 3 is 2.70 bits per heavy atom. The van der Waals surface area contributed by atoms with Crippen molar-refractivity contribution in [2.45, 2.75) is 33.1 Å². The van der Waals surface area contributed by atoms with Gasteiger partial charge in [-0.1, -0.05) is 6.92 Å². The second kappa shape index (κ2) is 7.47. The number of aromatic nitrogens is 1. The lowest BCUT2D eigenvalue weighted by Crippen LogP contribution is -2.14. The van der Waals surface area contributed by atoms with Gasteiger partial charge in [-0.05, 0) is 37.8 Å². The summed E-state index contributed by atoms with van der Waals surface area (Å²) in [6, 6.07) is 3.26. The summed E-state index contributed by atoms with van der Waals surface area (Å²) in [4.78, 5) is 25.9. The van der Waals surface area contributed by atoms with Crippen molar-refractivity contribution < 1.29 is 14.7 Å². The number of carbonyl (C=O) groups is 2. The molecule has 20 heavy (non-hydrogen) atoms. The molecule has 1 heterocycles. The molecule has 0 saturated carbocycles. The SMILES string of the molecule is Cc1cc(C(N)=O)cc(NCCC(C)CCC(=O)O)n1. The molecule has 6 heteroatoms. The van der Waals surface area contributed by atoms with Gasteiger partial charge in [0.1, 0.15) is 5.82 Å². The highest BCUT2D eigenvalue weighted by Gasteiger charge is 2.07. The Morgan fingerprint density at radius 2 is 2.10 bits per heavy atom. The molecule has 1 atom stereocenters. The number of pyridine rings is 1. The molecule has 0 radical (unpaired) electrons. The molecule has 0 saturated heterocycles. The van der Waals surface area contributed by atoms with E-state index in [1.165, 1.54) is 0 Å². The van der Waals surface area contributed by atoms with E-state index in [-0.39, 0.29) is 6.42 Å². The molecule has 0 aliphatic heterocycles. The van der Waals surface area contributed by atoms with E-state index >= 15 is 0 Å². The van der Waals surface area contributed by atoms with Crippen LogP contribution in [-0.4, -0.2) is 28.5 Å². The lowest BCUT2D eigenvalue weighted by molar-refractivity contribution is -0.137. The van der Waals surface area contributed by atoms with Crippen molar-refractivity contribution >= 4 is 17.7 Å². The summed E-state index contributed by atoms with van der Waals surface area (Å²) < 4.78 is 0. The van der Waals surface area contributed by atoms with Crippen molar-refractivity contribution in [3.63, 3.8) is 0 Å². The van der Waals surface area contributed by atoms with E-state index in [0.717, 1.165) is 12.1 Å². The maximum atomic E-state index is 11.1. The normalized spacial score (nSPS) is 11.9. The molecule has 6 nitrogen and oxygen atoms in total. The zero-order chi connectivity index (χ0) is 15.1. The number of amides is 1. The molecule has 0 fully saturated rings. The molecule has 0 bridgehead atoms. The molecule has 0 aliphatic carbocycles. The zero-order valence-corrected chi connectivity index (χ0v) is 11.8. The van der Waals surface area contributed by atoms with Gasteiger partial charge in [-0.3, -0.25) is 9.59 Å². The lowest BCUT2D eigenvalue weighted by atomic mass is 10.0. The molecule has 1 amide bonds. The van der Waals surface area contributed by atoms with Crippen molar-refractivity contribution in [3.05, 3.63) is 23.4 Å². The average Bonchev–Trinajstić information content (AvgIpc) is 2.35. The minimum absolute atomic E-state index is 0.190. The Balaban J connectivity index is 2.45. The number of nitrogens with zero attached hydrogens (tertiary/aromatic N) is 1. The third kappa shape index (κ3) is 5.69. The number of primary amides is 1. The summed E-state index contributed by atoms with van der Waals surface area (Å²) in [7, 11) is 0. The summed E-state index contributed by atoms with van der Waals surface area (Å²) >= 11 is 0. The van der Waals surface area contributed by atoms with E-state index in [0.29, 0.717) is 30.3 Å². The zero-order valence-electron chi connectivity index (χ0n) is 11.8. The number of hydrogen-bond donors (Lipinski definition) is 3. The number of aryl methyl sites for hydroxylation is 1. The van der Waals surface area contributed by atoms with Crippen LogP contribution in [0.4, 0.5) is 5.82 Å². The van der Waals surface area contributed by atoms with E-state index in [2.05, 4.69) is 10.3 Å². The number of aliphatic carboxylic acids is 1. The summed E-state index contributed by atoms with van der Waals surface area (Å²) in [5.41, 5.74) is 6.40. The summed E-state index contributed by atoms with van der Waals surface area (Å²) in [6.07, 6.45) is 1.69. The van der Waals surface area contributed by atoms with Gasteiger partial charge in [0.2, 0.25) is 5.91 Å². The third-order valence-corrected chi connectivity index (χ3v) is 3.03. The predicted octanol–water partition coefficient (Wildman–Crippen LogP) is 1.79. The van der Waals surface area contributed by atoms with E-state index in [1.54, 1.807) is 19.1 Å². The molecular formula is C14H21N3O3. The molecule has 4 N–H and O–H groups in total. The smallest absolute Gasteiger partial charge is 0.303 e. The molecule has 110 valence electrons. The summed E-state index contributed by atoms with van der Waals surface area (Å²) in [6.45, 7) is 4.49. The Hall–Kier alpha value is -2.11. The van der Waals surface area contributed by atoms with E-state index in [1.807, 2.05) is 6.92 Å². The van der Waals surface area contributed by atoms with Crippen molar-refractivity contribution in [2.24, 2.45) is 11.7 Å². The molecule has 1 rings (SSSR count). The first-order valence-electron chi connectivity index (χ1n) is 6.62. The van der Waals surface area contributed by atoms with E-state index in [9.17, 15) is 9.59 Å². The first kappa shape index (κ1) is 15.9. The lowest BCUT2D eigenvalue weighted by Gasteiger charge is -2.12. The Morgan fingerprint density at radius 1 is 1.40 bits per heavy atom. The number of nitrogens with one attached hydrogen (secondary N) is 1. The van der Waals surface area contributed by atoms with Gasteiger partial charge in [-0.2, -0.15) is 0 Å². The number of carboxylic acids is 1. The number of nitrogens with two attached hydrogens (primary N) is 1. The van der Waals surface area contributed by atoms with Crippen LogP contribution in [0.15, 0.2) is 12.1 Å².